The van der Waals surface area contributed by atoms with Gasteiger partial charge in [-0.3, -0.25) is 0 Å². The number of anilines is 3. The SMILES string of the molecule is C1=CC2c3cc(-c4ccc5c6ccccc6c6ccccc6c5c4)c4c(c3O[C@@H]2C=C1)c1ccc2c(c1n4-c1ccc(N(c3ccccc3)c3ccccc3)cc1)C=CCC2. The molecular weight excluding hydrogens is 741 g/mol. The summed E-state index contributed by atoms with van der Waals surface area (Å²) in [4.78, 5) is 2.33. The molecule has 0 amide bonds. The van der Waals surface area contributed by atoms with E-state index >= 15 is 0 Å². The van der Waals surface area contributed by atoms with Crippen LogP contribution in [0.15, 0.2) is 200 Å². The zero-order valence-corrected chi connectivity index (χ0v) is 33.5. The second-order valence-corrected chi connectivity index (χ2v) is 16.6. The maximum atomic E-state index is 7.06. The Labute approximate surface area is 354 Å². The molecule has 3 nitrogen and oxygen atoms in total. The summed E-state index contributed by atoms with van der Waals surface area (Å²) in [7, 11) is 0. The molecule has 0 radical (unpaired) electrons. The summed E-state index contributed by atoms with van der Waals surface area (Å²) in [6, 6.07) is 62.5. The van der Waals surface area contributed by atoms with Crippen molar-refractivity contribution in [3.05, 3.63) is 217 Å². The van der Waals surface area contributed by atoms with Gasteiger partial charge in [0.25, 0.3) is 0 Å². The summed E-state index contributed by atoms with van der Waals surface area (Å²) in [5.74, 6) is 1.15. The molecule has 2 heterocycles. The molecule has 61 heavy (non-hydrogen) atoms. The molecule has 1 aromatic heterocycles. The number of hydrogen-bond acceptors (Lipinski definition) is 2. The van der Waals surface area contributed by atoms with Gasteiger partial charge in [-0.15, -0.1) is 0 Å². The number of nitrogens with zero attached hydrogens (tertiary/aromatic N) is 2. The first-order valence-electron chi connectivity index (χ1n) is 21.5. The molecule has 0 saturated carbocycles. The van der Waals surface area contributed by atoms with Crippen molar-refractivity contribution in [3.63, 3.8) is 0 Å². The molecule has 10 aromatic rings. The molecule has 288 valence electrons. The summed E-state index contributed by atoms with van der Waals surface area (Å²) in [5.41, 5.74) is 13.2. The molecule has 0 N–H and O–H groups in total. The lowest BCUT2D eigenvalue weighted by Gasteiger charge is -2.25. The third-order valence-corrected chi connectivity index (χ3v) is 13.3. The largest absolute Gasteiger partial charge is 0.484 e. The number of hydrogen-bond donors (Lipinski definition) is 0. The van der Waals surface area contributed by atoms with Crippen LogP contribution in [-0.2, 0) is 6.42 Å². The highest BCUT2D eigenvalue weighted by Gasteiger charge is 2.37. The Morgan fingerprint density at radius 1 is 0.525 bits per heavy atom. The van der Waals surface area contributed by atoms with E-state index in [-0.39, 0.29) is 12.0 Å². The van der Waals surface area contributed by atoms with Gasteiger partial charge in [0.15, 0.2) is 0 Å². The van der Waals surface area contributed by atoms with E-state index in [1.807, 2.05) is 0 Å². The molecule has 0 fully saturated rings. The highest BCUT2D eigenvalue weighted by Crippen LogP contribution is 2.53. The molecule has 1 aliphatic heterocycles. The second kappa shape index (κ2) is 13.5. The predicted molar refractivity (Wildman–Crippen MR) is 256 cm³/mol. The third-order valence-electron chi connectivity index (χ3n) is 13.3. The maximum Gasteiger partial charge on any atom is 0.134 e. The monoisotopic (exact) mass is 780 g/mol. The van der Waals surface area contributed by atoms with Crippen molar-refractivity contribution >= 4 is 77.3 Å². The lowest BCUT2D eigenvalue weighted by molar-refractivity contribution is 0.271. The Morgan fingerprint density at radius 3 is 1.84 bits per heavy atom. The van der Waals surface area contributed by atoms with Crippen molar-refractivity contribution < 1.29 is 4.74 Å². The van der Waals surface area contributed by atoms with Crippen molar-refractivity contribution in [2.75, 3.05) is 4.90 Å². The topological polar surface area (TPSA) is 17.4 Å². The van der Waals surface area contributed by atoms with Crippen LogP contribution in [0.3, 0.4) is 0 Å². The van der Waals surface area contributed by atoms with Crippen LogP contribution < -0.4 is 9.64 Å². The van der Waals surface area contributed by atoms with Gasteiger partial charge in [-0.25, -0.2) is 0 Å². The lowest BCUT2D eigenvalue weighted by Crippen LogP contribution is -2.15. The van der Waals surface area contributed by atoms with Crippen LogP contribution in [0.2, 0.25) is 0 Å². The van der Waals surface area contributed by atoms with E-state index in [1.165, 1.54) is 81.9 Å². The summed E-state index contributed by atoms with van der Waals surface area (Å²) >= 11 is 0. The predicted octanol–water partition coefficient (Wildman–Crippen LogP) is 15.3. The number of para-hydroxylation sites is 2. The van der Waals surface area contributed by atoms with Gasteiger partial charge in [-0.05, 0) is 123 Å². The van der Waals surface area contributed by atoms with E-state index in [9.17, 15) is 0 Å². The average molecular weight is 781 g/mol. The number of fused-ring (bicyclic) bond motifs is 15. The normalized spacial score (nSPS) is 16.3. The van der Waals surface area contributed by atoms with Crippen molar-refractivity contribution in [1.29, 1.82) is 0 Å². The molecule has 3 aliphatic rings. The van der Waals surface area contributed by atoms with Gasteiger partial charge < -0.3 is 14.2 Å². The minimum atomic E-state index is -0.0393. The highest BCUT2D eigenvalue weighted by atomic mass is 16.5. The van der Waals surface area contributed by atoms with E-state index in [1.54, 1.807) is 0 Å². The van der Waals surface area contributed by atoms with E-state index in [0.29, 0.717) is 0 Å². The molecule has 13 rings (SSSR count). The Morgan fingerprint density at radius 2 is 1.13 bits per heavy atom. The van der Waals surface area contributed by atoms with E-state index in [2.05, 4.69) is 216 Å². The maximum absolute atomic E-state index is 7.06. The van der Waals surface area contributed by atoms with Gasteiger partial charge in [0.05, 0.1) is 16.4 Å². The van der Waals surface area contributed by atoms with E-state index in [0.717, 1.165) is 41.3 Å². The van der Waals surface area contributed by atoms with Gasteiger partial charge in [-0.1, -0.05) is 140 Å². The number of rotatable bonds is 5. The molecule has 0 bridgehead atoms. The molecule has 2 atom stereocenters. The zero-order valence-electron chi connectivity index (χ0n) is 33.5. The molecular formula is C58H40N2O. The van der Waals surface area contributed by atoms with E-state index < -0.39 is 0 Å². The first-order chi connectivity index (χ1) is 30.3. The standard InChI is InChI=1S/C58H40N2O/c1-3-16-39(17-4-1)59(40-18-5-2-6-19-40)41-29-31-42(32-30-41)60-56-43-20-8-7-15-37(43)27-34-50(56)55-57(60)51(36-53-49-25-13-14-26-54(49)61-58(53)55)38-28-33-48-46-23-10-9-21-44(46)45-22-11-12-24-47(45)52(48)35-38/h1-6,8-14,16-36,49,54H,7,15H2/t49?,54-/m1/s1. The average Bonchev–Trinajstić information content (AvgIpc) is 3.89. The second-order valence-electron chi connectivity index (χ2n) is 16.6. The van der Waals surface area contributed by atoms with Crippen molar-refractivity contribution in [2.45, 2.75) is 24.9 Å². The van der Waals surface area contributed by atoms with Crippen LogP contribution >= 0.6 is 0 Å². The van der Waals surface area contributed by atoms with Crippen LogP contribution in [-0.4, -0.2) is 10.7 Å². The van der Waals surface area contributed by atoms with E-state index in [4.69, 9.17) is 4.74 Å². The number of aromatic nitrogens is 1. The molecule has 9 aromatic carbocycles. The Hall–Kier alpha value is -7.62. The lowest BCUT2D eigenvalue weighted by atomic mass is 9.87. The summed E-state index contributed by atoms with van der Waals surface area (Å²) < 4.78 is 9.61. The van der Waals surface area contributed by atoms with Crippen LogP contribution in [0.1, 0.15) is 29.0 Å². The van der Waals surface area contributed by atoms with Gasteiger partial charge >= 0.3 is 0 Å². The minimum Gasteiger partial charge on any atom is -0.484 e. The van der Waals surface area contributed by atoms with Gasteiger partial charge in [0.2, 0.25) is 0 Å². The van der Waals surface area contributed by atoms with Crippen LogP contribution in [0.25, 0.3) is 77.0 Å². The Balaban J connectivity index is 1.12. The highest BCUT2D eigenvalue weighted by molar-refractivity contribution is 6.26. The fourth-order valence-corrected chi connectivity index (χ4v) is 10.6. The number of allylic oxidation sites excluding steroid dienone is 3. The first kappa shape index (κ1) is 34.3. The van der Waals surface area contributed by atoms with Gasteiger partial charge in [-0.2, -0.15) is 0 Å². The van der Waals surface area contributed by atoms with Crippen molar-refractivity contribution in [1.82, 2.24) is 4.57 Å². The Kier molecular flexibility index (Phi) is 7.56. The molecule has 1 unspecified atom stereocenters. The fourth-order valence-electron chi connectivity index (χ4n) is 10.6. The smallest absolute Gasteiger partial charge is 0.134 e. The fraction of sp³-hybridized carbons (Fsp3) is 0.0690. The summed E-state index contributed by atoms with van der Waals surface area (Å²) in [5, 5.41) is 10.1. The minimum absolute atomic E-state index is 0.0393. The number of aryl methyl sites for hydroxylation is 1. The summed E-state index contributed by atoms with van der Waals surface area (Å²) in [6.45, 7) is 0. The molecule has 0 spiro atoms. The third kappa shape index (κ3) is 5.17. The zero-order chi connectivity index (χ0) is 40.0. The number of benzene rings is 9. The Bertz CT molecular complexity index is 3430. The van der Waals surface area contributed by atoms with Crippen LogP contribution in [0, 0.1) is 0 Å². The first-order valence-corrected chi connectivity index (χ1v) is 21.5. The van der Waals surface area contributed by atoms with Crippen LogP contribution in [0.5, 0.6) is 5.75 Å². The quantitative estimate of drug-likeness (QED) is 0.162. The summed E-state index contributed by atoms with van der Waals surface area (Å²) in [6.07, 6.45) is 15.6. The van der Waals surface area contributed by atoms with Gasteiger partial charge in [0, 0.05) is 50.7 Å². The van der Waals surface area contributed by atoms with Gasteiger partial charge in [0.1, 0.15) is 11.9 Å². The van der Waals surface area contributed by atoms with Crippen LogP contribution in [0.4, 0.5) is 17.1 Å². The molecule has 2 aliphatic carbocycles. The van der Waals surface area contributed by atoms with Crippen molar-refractivity contribution in [3.8, 4) is 22.6 Å². The number of ether oxygens (including phenoxy) is 1. The van der Waals surface area contributed by atoms with Crippen molar-refractivity contribution in [2.24, 2.45) is 0 Å². The molecule has 3 heteroatoms. The molecule has 0 saturated heterocycles.